The SMILES string of the molecule is O=C(NCc1ccc(C(=O)NC2CCCC2)cc1)c1ccc2c(c1)OCO2. The van der Waals surface area contributed by atoms with E-state index in [-0.39, 0.29) is 18.6 Å². The molecule has 1 aliphatic carbocycles. The van der Waals surface area contributed by atoms with Gasteiger partial charge in [-0.1, -0.05) is 25.0 Å². The Labute approximate surface area is 157 Å². The van der Waals surface area contributed by atoms with Crippen molar-refractivity contribution >= 4 is 11.8 Å². The third-order valence-electron chi connectivity index (χ3n) is 4.99. The van der Waals surface area contributed by atoms with Gasteiger partial charge in [-0.25, -0.2) is 0 Å². The highest BCUT2D eigenvalue weighted by Gasteiger charge is 2.18. The van der Waals surface area contributed by atoms with Crippen molar-refractivity contribution in [1.82, 2.24) is 10.6 Å². The first kappa shape index (κ1) is 17.4. The summed E-state index contributed by atoms with van der Waals surface area (Å²) in [5.74, 6) is 1.02. The van der Waals surface area contributed by atoms with E-state index in [2.05, 4.69) is 10.6 Å². The van der Waals surface area contributed by atoms with Crippen LogP contribution < -0.4 is 20.1 Å². The first-order valence-electron chi connectivity index (χ1n) is 9.27. The minimum atomic E-state index is -0.184. The van der Waals surface area contributed by atoms with Gasteiger partial charge in [0.05, 0.1) is 0 Å². The Morgan fingerprint density at radius 1 is 0.889 bits per heavy atom. The van der Waals surface area contributed by atoms with Gasteiger partial charge in [-0.3, -0.25) is 9.59 Å². The predicted molar refractivity (Wildman–Crippen MR) is 99.9 cm³/mol. The number of hydrogen-bond acceptors (Lipinski definition) is 4. The molecule has 0 aromatic heterocycles. The van der Waals surface area contributed by atoms with Gasteiger partial charge in [0.15, 0.2) is 11.5 Å². The largest absolute Gasteiger partial charge is 0.454 e. The maximum atomic E-state index is 12.3. The molecule has 1 saturated carbocycles. The molecule has 2 aromatic carbocycles. The standard InChI is InChI=1S/C21H22N2O4/c24-20(16-9-10-18-19(11-16)27-13-26-18)22-12-14-5-7-15(8-6-14)21(25)23-17-3-1-2-4-17/h5-11,17H,1-4,12-13H2,(H,22,24)(H,23,25). The number of fused-ring (bicyclic) bond motifs is 1. The molecule has 6 nitrogen and oxygen atoms in total. The number of amides is 2. The van der Waals surface area contributed by atoms with E-state index in [1.807, 2.05) is 12.1 Å². The Hall–Kier alpha value is -3.02. The topological polar surface area (TPSA) is 76.7 Å². The molecule has 1 aliphatic heterocycles. The lowest BCUT2D eigenvalue weighted by Crippen LogP contribution is -2.32. The molecule has 140 valence electrons. The van der Waals surface area contributed by atoms with E-state index in [9.17, 15) is 9.59 Å². The van der Waals surface area contributed by atoms with Crippen molar-refractivity contribution < 1.29 is 19.1 Å². The summed E-state index contributed by atoms with van der Waals surface area (Å²) in [5.41, 5.74) is 2.10. The second-order valence-electron chi connectivity index (χ2n) is 6.90. The summed E-state index contributed by atoms with van der Waals surface area (Å²) in [4.78, 5) is 24.6. The maximum Gasteiger partial charge on any atom is 0.251 e. The Morgan fingerprint density at radius 3 is 2.37 bits per heavy atom. The Balaban J connectivity index is 1.31. The summed E-state index contributed by atoms with van der Waals surface area (Å²) in [6.45, 7) is 0.568. The van der Waals surface area contributed by atoms with Gasteiger partial charge in [-0.2, -0.15) is 0 Å². The van der Waals surface area contributed by atoms with Crippen molar-refractivity contribution in [2.45, 2.75) is 38.3 Å². The van der Waals surface area contributed by atoms with Crippen molar-refractivity contribution in [2.75, 3.05) is 6.79 Å². The number of hydrogen-bond donors (Lipinski definition) is 2. The number of rotatable bonds is 5. The molecule has 2 aliphatic rings. The number of ether oxygens (including phenoxy) is 2. The molecule has 1 heterocycles. The Morgan fingerprint density at radius 2 is 1.59 bits per heavy atom. The van der Waals surface area contributed by atoms with Crippen molar-refractivity contribution in [3.63, 3.8) is 0 Å². The number of nitrogens with one attached hydrogen (secondary N) is 2. The summed E-state index contributed by atoms with van der Waals surface area (Å²) >= 11 is 0. The highest BCUT2D eigenvalue weighted by atomic mass is 16.7. The lowest BCUT2D eigenvalue weighted by atomic mass is 10.1. The fraction of sp³-hybridized carbons (Fsp3) is 0.333. The van der Waals surface area contributed by atoms with Crippen molar-refractivity contribution in [3.8, 4) is 11.5 Å². The molecule has 6 heteroatoms. The zero-order chi connectivity index (χ0) is 18.6. The molecule has 0 radical (unpaired) electrons. The molecule has 0 unspecified atom stereocenters. The van der Waals surface area contributed by atoms with Gasteiger partial charge in [0.25, 0.3) is 11.8 Å². The van der Waals surface area contributed by atoms with Crippen LogP contribution in [0.2, 0.25) is 0 Å². The van der Waals surface area contributed by atoms with Gasteiger partial charge in [0.1, 0.15) is 0 Å². The summed E-state index contributed by atoms with van der Waals surface area (Å²) in [6.07, 6.45) is 4.51. The van der Waals surface area contributed by atoms with E-state index < -0.39 is 0 Å². The van der Waals surface area contributed by atoms with E-state index in [0.717, 1.165) is 18.4 Å². The van der Waals surface area contributed by atoms with Crippen LogP contribution in [0.15, 0.2) is 42.5 Å². The normalized spacial score (nSPS) is 15.6. The molecule has 4 rings (SSSR count). The Kier molecular flexibility index (Phi) is 4.96. The van der Waals surface area contributed by atoms with Gasteiger partial charge < -0.3 is 20.1 Å². The van der Waals surface area contributed by atoms with Crippen LogP contribution >= 0.6 is 0 Å². The predicted octanol–water partition coefficient (Wildman–Crippen LogP) is 3.02. The third kappa shape index (κ3) is 4.05. The highest BCUT2D eigenvalue weighted by Crippen LogP contribution is 2.32. The minimum Gasteiger partial charge on any atom is -0.454 e. The fourth-order valence-corrected chi connectivity index (χ4v) is 3.44. The van der Waals surface area contributed by atoms with Crippen LogP contribution in [0.1, 0.15) is 52.0 Å². The first-order valence-corrected chi connectivity index (χ1v) is 9.27. The van der Waals surface area contributed by atoms with Crippen LogP contribution in [0.25, 0.3) is 0 Å². The van der Waals surface area contributed by atoms with Crippen LogP contribution in [0.5, 0.6) is 11.5 Å². The quantitative estimate of drug-likeness (QED) is 0.853. The average Bonchev–Trinajstić information content (AvgIpc) is 3.37. The van der Waals surface area contributed by atoms with Crippen LogP contribution in [0, 0.1) is 0 Å². The molecule has 0 atom stereocenters. The molecule has 27 heavy (non-hydrogen) atoms. The van der Waals surface area contributed by atoms with Crippen molar-refractivity contribution in [1.29, 1.82) is 0 Å². The van der Waals surface area contributed by atoms with Crippen molar-refractivity contribution in [2.24, 2.45) is 0 Å². The summed E-state index contributed by atoms with van der Waals surface area (Å²) in [7, 11) is 0. The lowest BCUT2D eigenvalue weighted by Gasteiger charge is -2.12. The Bertz CT molecular complexity index is 842. The maximum absolute atomic E-state index is 12.3. The number of benzene rings is 2. The van der Waals surface area contributed by atoms with E-state index in [0.29, 0.717) is 35.2 Å². The van der Waals surface area contributed by atoms with Crippen LogP contribution in [0.3, 0.4) is 0 Å². The monoisotopic (exact) mass is 366 g/mol. The summed E-state index contributed by atoms with van der Waals surface area (Å²) in [6, 6.07) is 12.7. The second-order valence-corrected chi connectivity index (χ2v) is 6.90. The number of carbonyl (C=O) groups is 2. The molecule has 0 bridgehead atoms. The molecular weight excluding hydrogens is 344 g/mol. The van der Waals surface area contributed by atoms with Crippen LogP contribution in [-0.2, 0) is 6.54 Å². The molecule has 1 fully saturated rings. The summed E-state index contributed by atoms with van der Waals surface area (Å²) in [5, 5.41) is 5.95. The molecular formula is C21H22N2O4. The van der Waals surface area contributed by atoms with E-state index >= 15 is 0 Å². The van der Waals surface area contributed by atoms with Gasteiger partial charge in [-0.05, 0) is 48.7 Å². The van der Waals surface area contributed by atoms with Gasteiger partial charge in [-0.15, -0.1) is 0 Å². The second kappa shape index (κ2) is 7.70. The van der Waals surface area contributed by atoms with E-state index in [1.165, 1.54) is 12.8 Å². The summed E-state index contributed by atoms with van der Waals surface area (Å²) < 4.78 is 10.5. The van der Waals surface area contributed by atoms with Gasteiger partial charge in [0.2, 0.25) is 6.79 Å². The molecule has 0 saturated heterocycles. The molecule has 2 aromatic rings. The third-order valence-corrected chi connectivity index (χ3v) is 4.99. The average molecular weight is 366 g/mol. The van der Waals surface area contributed by atoms with E-state index in [1.54, 1.807) is 30.3 Å². The van der Waals surface area contributed by atoms with Crippen LogP contribution in [0.4, 0.5) is 0 Å². The smallest absolute Gasteiger partial charge is 0.251 e. The van der Waals surface area contributed by atoms with Crippen LogP contribution in [-0.4, -0.2) is 24.6 Å². The van der Waals surface area contributed by atoms with Gasteiger partial charge >= 0.3 is 0 Å². The minimum absolute atomic E-state index is 0.0298. The zero-order valence-electron chi connectivity index (χ0n) is 15.0. The molecule has 2 N–H and O–H groups in total. The molecule has 0 spiro atoms. The lowest BCUT2D eigenvalue weighted by molar-refractivity contribution is 0.0933. The van der Waals surface area contributed by atoms with Crippen molar-refractivity contribution in [3.05, 3.63) is 59.2 Å². The first-order chi connectivity index (χ1) is 13.2. The molecule has 2 amide bonds. The highest BCUT2D eigenvalue weighted by molar-refractivity contribution is 5.95. The van der Waals surface area contributed by atoms with E-state index in [4.69, 9.17) is 9.47 Å². The number of carbonyl (C=O) groups excluding carboxylic acids is 2. The van der Waals surface area contributed by atoms with Gasteiger partial charge in [0, 0.05) is 23.7 Å². The zero-order valence-corrected chi connectivity index (χ0v) is 15.0. The fourth-order valence-electron chi connectivity index (χ4n) is 3.44.